The summed E-state index contributed by atoms with van der Waals surface area (Å²) in [6, 6.07) is 9.75. The number of thioether (sulfide) groups is 1. The third-order valence-corrected chi connectivity index (χ3v) is 2.94. The second kappa shape index (κ2) is 5.62. The first-order valence-corrected chi connectivity index (χ1v) is 6.08. The van der Waals surface area contributed by atoms with Crippen molar-refractivity contribution in [3.63, 3.8) is 0 Å². The summed E-state index contributed by atoms with van der Waals surface area (Å²) >= 11 is 1.61. The first-order chi connectivity index (χ1) is 7.92. The molecule has 0 saturated heterocycles. The molecule has 0 unspecified atom stereocenters. The zero-order valence-corrected chi connectivity index (χ0v) is 9.47. The first-order valence-electron chi connectivity index (χ1n) is 4.93. The molecule has 0 saturated carbocycles. The molecular weight excluding hydrogens is 224 g/mol. The molecule has 0 aliphatic heterocycles. The number of aliphatic hydroxyl groups excluding tert-OH is 1. The SMILES string of the molecule is OCCSCc1nnnn1-c1ccccc1. The number of tetrazole rings is 1. The summed E-state index contributed by atoms with van der Waals surface area (Å²) in [5, 5.41) is 20.3. The molecule has 0 aliphatic carbocycles. The van der Waals surface area contributed by atoms with Crippen LogP contribution in [0.2, 0.25) is 0 Å². The molecule has 6 heteroatoms. The molecule has 0 aliphatic rings. The standard InChI is InChI=1S/C10H12N4OS/c15-6-7-16-8-10-11-12-13-14(10)9-4-2-1-3-5-9/h1-5,15H,6-8H2. The maximum atomic E-state index is 8.70. The summed E-state index contributed by atoms with van der Waals surface area (Å²) in [4.78, 5) is 0. The minimum Gasteiger partial charge on any atom is -0.396 e. The molecule has 1 heterocycles. The van der Waals surface area contributed by atoms with E-state index in [4.69, 9.17) is 5.11 Å². The Morgan fingerprint density at radius 3 is 2.81 bits per heavy atom. The predicted molar refractivity (Wildman–Crippen MR) is 62.4 cm³/mol. The van der Waals surface area contributed by atoms with Crippen LogP contribution in [-0.2, 0) is 5.75 Å². The van der Waals surface area contributed by atoms with Gasteiger partial charge in [-0.3, -0.25) is 0 Å². The number of rotatable bonds is 5. The highest BCUT2D eigenvalue weighted by Gasteiger charge is 2.07. The van der Waals surface area contributed by atoms with E-state index in [2.05, 4.69) is 15.5 Å². The predicted octanol–water partition coefficient (Wildman–Crippen LogP) is 0.888. The smallest absolute Gasteiger partial charge is 0.166 e. The lowest BCUT2D eigenvalue weighted by atomic mass is 10.3. The number of aromatic nitrogens is 4. The van der Waals surface area contributed by atoms with Gasteiger partial charge in [0.05, 0.1) is 18.0 Å². The fraction of sp³-hybridized carbons (Fsp3) is 0.300. The molecule has 0 fully saturated rings. The van der Waals surface area contributed by atoms with Gasteiger partial charge in [0.1, 0.15) is 0 Å². The molecule has 1 aromatic heterocycles. The maximum absolute atomic E-state index is 8.70. The Kier molecular flexibility index (Phi) is 3.90. The summed E-state index contributed by atoms with van der Waals surface area (Å²) < 4.78 is 1.71. The highest BCUT2D eigenvalue weighted by atomic mass is 32.2. The van der Waals surface area contributed by atoms with Crippen molar-refractivity contribution in [2.75, 3.05) is 12.4 Å². The van der Waals surface area contributed by atoms with Crippen LogP contribution in [0.15, 0.2) is 30.3 Å². The van der Waals surface area contributed by atoms with E-state index in [-0.39, 0.29) is 6.61 Å². The molecule has 1 N–H and O–H groups in total. The average Bonchev–Trinajstić information content (AvgIpc) is 2.79. The zero-order valence-electron chi connectivity index (χ0n) is 8.65. The number of aliphatic hydroxyl groups is 1. The molecule has 0 bridgehead atoms. The van der Waals surface area contributed by atoms with Crippen molar-refractivity contribution in [2.45, 2.75) is 5.75 Å². The van der Waals surface area contributed by atoms with Gasteiger partial charge in [0.25, 0.3) is 0 Å². The monoisotopic (exact) mass is 236 g/mol. The van der Waals surface area contributed by atoms with Gasteiger partial charge >= 0.3 is 0 Å². The molecule has 1 aromatic carbocycles. The van der Waals surface area contributed by atoms with Crippen LogP contribution >= 0.6 is 11.8 Å². The lowest BCUT2D eigenvalue weighted by Crippen LogP contribution is -2.02. The number of hydrogen-bond donors (Lipinski definition) is 1. The van der Waals surface area contributed by atoms with E-state index in [0.29, 0.717) is 11.5 Å². The summed E-state index contributed by atoms with van der Waals surface area (Å²) in [5.41, 5.74) is 0.951. The highest BCUT2D eigenvalue weighted by Crippen LogP contribution is 2.12. The first kappa shape index (κ1) is 11.1. The van der Waals surface area contributed by atoms with E-state index in [1.54, 1.807) is 16.4 Å². The molecule has 5 nitrogen and oxygen atoms in total. The molecule has 16 heavy (non-hydrogen) atoms. The Balaban J connectivity index is 2.13. The average molecular weight is 236 g/mol. The normalized spacial score (nSPS) is 10.6. The Morgan fingerprint density at radius 2 is 2.06 bits per heavy atom. The van der Waals surface area contributed by atoms with Gasteiger partial charge in [-0.15, -0.1) is 5.10 Å². The minimum absolute atomic E-state index is 0.178. The summed E-state index contributed by atoms with van der Waals surface area (Å²) in [5.74, 6) is 2.19. The van der Waals surface area contributed by atoms with Gasteiger partial charge in [0, 0.05) is 5.75 Å². The van der Waals surface area contributed by atoms with E-state index >= 15 is 0 Å². The fourth-order valence-electron chi connectivity index (χ4n) is 1.29. The highest BCUT2D eigenvalue weighted by molar-refractivity contribution is 7.98. The van der Waals surface area contributed by atoms with Gasteiger partial charge in [-0.25, -0.2) is 0 Å². The molecule has 84 valence electrons. The fourth-order valence-corrected chi connectivity index (χ4v) is 1.93. The number of hydrogen-bond acceptors (Lipinski definition) is 5. The third kappa shape index (κ3) is 2.59. The molecule has 0 radical (unpaired) electrons. The van der Waals surface area contributed by atoms with Crippen LogP contribution < -0.4 is 0 Å². The van der Waals surface area contributed by atoms with Crippen molar-refractivity contribution in [1.82, 2.24) is 20.2 Å². The Labute approximate surface area is 97.5 Å². The largest absolute Gasteiger partial charge is 0.396 e. The second-order valence-electron chi connectivity index (χ2n) is 3.12. The quantitative estimate of drug-likeness (QED) is 0.781. The van der Waals surface area contributed by atoms with Crippen LogP contribution in [0.4, 0.5) is 0 Å². The number of para-hydroxylation sites is 1. The van der Waals surface area contributed by atoms with Gasteiger partial charge in [-0.2, -0.15) is 16.4 Å². The van der Waals surface area contributed by atoms with Crippen molar-refractivity contribution in [3.8, 4) is 5.69 Å². The van der Waals surface area contributed by atoms with E-state index in [1.807, 2.05) is 30.3 Å². The number of benzene rings is 1. The van der Waals surface area contributed by atoms with Crippen LogP contribution in [0.5, 0.6) is 0 Å². The second-order valence-corrected chi connectivity index (χ2v) is 4.22. The van der Waals surface area contributed by atoms with Crippen LogP contribution in [0, 0.1) is 0 Å². The van der Waals surface area contributed by atoms with E-state index in [9.17, 15) is 0 Å². The molecule has 0 atom stereocenters. The van der Waals surface area contributed by atoms with Crippen LogP contribution in [0.3, 0.4) is 0 Å². The van der Waals surface area contributed by atoms with Crippen molar-refractivity contribution in [1.29, 1.82) is 0 Å². The number of nitrogens with zero attached hydrogens (tertiary/aromatic N) is 4. The maximum Gasteiger partial charge on any atom is 0.166 e. The Morgan fingerprint density at radius 1 is 1.25 bits per heavy atom. The summed E-state index contributed by atoms with van der Waals surface area (Å²) in [7, 11) is 0. The van der Waals surface area contributed by atoms with Crippen molar-refractivity contribution >= 4 is 11.8 Å². The molecular formula is C10H12N4OS. The van der Waals surface area contributed by atoms with Gasteiger partial charge in [-0.05, 0) is 22.6 Å². The lowest BCUT2D eigenvalue weighted by molar-refractivity contribution is 0.322. The molecule has 2 aromatic rings. The van der Waals surface area contributed by atoms with E-state index < -0.39 is 0 Å². The molecule has 0 spiro atoms. The lowest BCUT2D eigenvalue weighted by Gasteiger charge is -2.03. The van der Waals surface area contributed by atoms with Crippen LogP contribution in [0.1, 0.15) is 5.82 Å². The minimum atomic E-state index is 0.178. The van der Waals surface area contributed by atoms with Crippen LogP contribution in [-0.4, -0.2) is 37.7 Å². The topological polar surface area (TPSA) is 63.8 Å². The molecule has 2 rings (SSSR count). The van der Waals surface area contributed by atoms with E-state index in [1.165, 1.54) is 0 Å². The van der Waals surface area contributed by atoms with Gasteiger partial charge < -0.3 is 5.11 Å². The summed E-state index contributed by atoms with van der Waals surface area (Å²) in [6.45, 7) is 0.178. The van der Waals surface area contributed by atoms with Crippen molar-refractivity contribution < 1.29 is 5.11 Å². The van der Waals surface area contributed by atoms with Crippen molar-refractivity contribution in [2.24, 2.45) is 0 Å². The zero-order chi connectivity index (χ0) is 11.2. The van der Waals surface area contributed by atoms with E-state index in [0.717, 1.165) is 11.5 Å². The van der Waals surface area contributed by atoms with Crippen molar-refractivity contribution in [3.05, 3.63) is 36.2 Å². The molecule has 0 amide bonds. The third-order valence-electron chi connectivity index (χ3n) is 2.00. The van der Waals surface area contributed by atoms with Crippen LogP contribution in [0.25, 0.3) is 5.69 Å². The summed E-state index contributed by atoms with van der Waals surface area (Å²) in [6.07, 6.45) is 0. The Hall–Kier alpha value is -1.40. The Bertz CT molecular complexity index is 431. The van der Waals surface area contributed by atoms with Gasteiger partial charge in [0.2, 0.25) is 0 Å². The van der Waals surface area contributed by atoms with Gasteiger partial charge in [-0.1, -0.05) is 18.2 Å². The van der Waals surface area contributed by atoms with Gasteiger partial charge in [0.15, 0.2) is 5.82 Å².